The zero-order valence-electron chi connectivity index (χ0n) is 19.3. The van der Waals surface area contributed by atoms with E-state index in [0.29, 0.717) is 41.6 Å². The average Bonchev–Trinajstić information content (AvgIpc) is 3.24. The lowest BCUT2D eigenvalue weighted by Gasteiger charge is -2.32. The summed E-state index contributed by atoms with van der Waals surface area (Å²) in [6, 6.07) is 11.0. The Bertz CT molecular complexity index is 1550. The molecule has 0 amide bonds. The second-order valence-electron chi connectivity index (χ2n) is 8.80. The molecule has 1 saturated heterocycles. The maximum Gasteiger partial charge on any atom is 0.145 e. The summed E-state index contributed by atoms with van der Waals surface area (Å²) in [6.45, 7) is 3.42. The van der Waals surface area contributed by atoms with Crippen LogP contribution in [0.2, 0.25) is 0 Å². The maximum atomic E-state index is 13.7. The predicted molar refractivity (Wildman–Crippen MR) is 131 cm³/mol. The molecule has 5 aromatic rings. The van der Waals surface area contributed by atoms with Crippen LogP contribution in [0.25, 0.3) is 32.9 Å². The number of anilines is 2. The van der Waals surface area contributed by atoms with E-state index in [1.165, 1.54) is 18.6 Å². The lowest BCUT2D eigenvalue weighted by atomic mass is 10.0. The van der Waals surface area contributed by atoms with E-state index in [9.17, 15) is 4.39 Å². The number of aromatic nitrogens is 5. The molecule has 9 heteroatoms. The molecule has 0 spiro atoms. The molecule has 0 unspecified atom stereocenters. The monoisotopic (exact) mass is 470 g/mol. The Hall–Kier alpha value is -4.11. The number of hydrogen-bond donors (Lipinski definition) is 1. The van der Waals surface area contributed by atoms with Gasteiger partial charge in [0.25, 0.3) is 0 Å². The Balaban J connectivity index is 1.45. The summed E-state index contributed by atoms with van der Waals surface area (Å²) in [4.78, 5) is 13.2. The first-order valence-corrected chi connectivity index (χ1v) is 11.4. The number of fused-ring (bicyclic) bond motifs is 2. The number of halogens is 1. The molecule has 0 aliphatic carbocycles. The van der Waals surface area contributed by atoms with Crippen molar-refractivity contribution in [2.24, 2.45) is 13.0 Å². The van der Waals surface area contributed by atoms with E-state index in [-0.39, 0.29) is 11.9 Å². The molecule has 3 aromatic heterocycles. The van der Waals surface area contributed by atoms with Crippen LogP contribution in [0, 0.1) is 11.7 Å². The minimum absolute atomic E-state index is 0.0427. The zero-order valence-corrected chi connectivity index (χ0v) is 19.3. The maximum absolute atomic E-state index is 13.7. The van der Waals surface area contributed by atoms with Crippen molar-refractivity contribution in [2.45, 2.75) is 13.0 Å². The highest BCUT2D eigenvalue weighted by molar-refractivity contribution is 5.99. The summed E-state index contributed by atoms with van der Waals surface area (Å²) in [5.74, 6) is 1.23. The fourth-order valence-electron chi connectivity index (χ4n) is 4.22. The summed E-state index contributed by atoms with van der Waals surface area (Å²) >= 11 is 0. The summed E-state index contributed by atoms with van der Waals surface area (Å²) in [5.41, 5.74) is 4.13. The normalized spacial score (nSPS) is 14.7. The van der Waals surface area contributed by atoms with Gasteiger partial charge in [-0.25, -0.2) is 14.4 Å². The van der Waals surface area contributed by atoms with Crippen LogP contribution < -0.4 is 10.1 Å². The van der Waals surface area contributed by atoms with Gasteiger partial charge in [0.2, 0.25) is 0 Å². The van der Waals surface area contributed by atoms with Crippen LogP contribution in [-0.2, 0) is 11.8 Å². The van der Waals surface area contributed by atoms with E-state index in [0.717, 1.165) is 27.7 Å². The topological polar surface area (TPSA) is 87.0 Å². The van der Waals surface area contributed by atoms with Crippen molar-refractivity contribution in [3.8, 4) is 16.9 Å². The van der Waals surface area contributed by atoms with Gasteiger partial charge in [0.15, 0.2) is 0 Å². The molecule has 2 aromatic carbocycles. The lowest BCUT2D eigenvalue weighted by molar-refractivity contribution is -0.0773. The van der Waals surface area contributed by atoms with Crippen molar-refractivity contribution in [3.63, 3.8) is 0 Å². The molecule has 8 nitrogen and oxygen atoms in total. The van der Waals surface area contributed by atoms with Crippen LogP contribution in [0.15, 0.2) is 61.3 Å². The molecule has 1 aliphatic rings. The summed E-state index contributed by atoms with van der Waals surface area (Å²) in [5, 5.41) is 9.14. The van der Waals surface area contributed by atoms with Crippen molar-refractivity contribution in [3.05, 3.63) is 67.1 Å². The molecule has 1 N–H and O–H groups in total. The van der Waals surface area contributed by atoms with E-state index >= 15 is 0 Å². The Morgan fingerprint density at radius 3 is 2.71 bits per heavy atom. The summed E-state index contributed by atoms with van der Waals surface area (Å²) < 4.78 is 27.3. The molecule has 35 heavy (non-hydrogen) atoms. The van der Waals surface area contributed by atoms with Gasteiger partial charge in [-0.2, -0.15) is 5.10 Å². The van der Waals surface area contributed by atoms with Crippen LogP contribution >= 0.6 is 0 Å². The molecule has 0 radical (unpaired) electrons. The fourth-order valence-corrected chi connectivity index (χ4v) is 4.22. The van der Waals surface area contributed by atoms with Crippen LogP contribution in [-0.4, -0.2) is 44.1 Å². The second-order valence-corrected chi connectivity index (χ2v) is 8.80. The van der Waals surface area contributed by atoms with Crippen LogP contribution in [0.4, 0.5) is 15.9 Å². The van der Waals surface area contributed by atoms with Crippen molar-refractivity contribution in [1.29, 1.82) is 0 Å². The van der Waals surface area contributed by atoms with Gasteiger partial charge in [-0.05, 0) is 48.9 Å². The molecule has 176 valence electrons. The van der Waals surface area contributed by atoms with Crippen molar-refractivity contribution in [2.75, 3.05) is 18.5 Å². The second kappa shape index (κ2) is 8.59. The number of rotatable bonds is 6. The highest BCUT2D eigenvalue weighted by Crippen LogP contribution is 2.37. The number of pyridine rings is 1. The molecular formula is C26H23FN6O2. The van der Waals surface area contributed by atoms with Crippen LogP contribution in [0.5, 0.6) is 5.75 Å². The molecule has 1 aliphatic heterocycles. The number of aryl methyl sites for hydroxylation is 1. The minimum atomic E-state index is -0.380. The van der Waals surface area contributed by atoms with Gasteiger partial charge in [-0.1, -0.05) is 0 Å². The average molecular weight is 471 g/mol. The molecule has 1 atom stereocenters. The fraction of sp³-hybridized carbons (Fsp3) is 0.231. The molecule has 0 saturated carbocycles. The third-order valence-electron chi connectivity index (χ3n) is 6.29. The third-order valence-corrected chi connectivity index (χ3v) is 6.29. The van der Waals surface area contributed by atoms with Gasteiger partial charge in [0.05, 0.1) is 42.0 Å². The zero-order chi connectivity index (χ0) is 23.9. The van der Waals surface area contributed by atoms with Gasteiger partial charge in [-0.15, -0.1) is 0 Å². The van der Waals surface area contributed by atoms with Gasteiger partial charge < -0.3 is 14.8 Å². The summed E-state index contributed by atoms with van der Waals surface area (Å²) in [6.07, 6.45) is 6.46. The van der Waals surface area contributed by atoms with Crippen molar-refractivity contribution >= 4 is 33.3 Å². The van der Waals surface area contributed by atoms with E-state index < -0.39 is 0 Å². The first-order valence-electron chi connectivity index (χ1n) is 11.4. The molecule has 1 fully saturated rings. The van der Waals surface area contributed by atoms with Crippen molar-refractivity contribution in [1.82, 2.24) is 24.7 Å². The number of ether oxygens (including phenoxy) is 2. The van der Waals surface area contributed by atoms with Gasteiger partial charge in [0, 0.05) is 35.8 Å². The van der Waals surface area contributed by atoms with Gasteiger partial charge in [0.1, 0.15) is 29.8 Å². The Morgan fingerprint density at radius 1 is 1.06 bits per heavy atom. The van der Waals surface area contributed by atoms with E-state index in [4.69, 9.17) is 9.47 Å². The predicted octanol–water partition coefficient (Wildman–Crippen LogP) is 4.87. The number of nitrogens with zero attached hydrogens (tertiary/aromatic N) is 5. The third kappa shape index (κ3) is 4.15. The van der Waals surface area contributed by atoms with E-state index in [1.54, 1.807) is 4.68 Å². The first kappa shape index (κ1) is 21.4. The van der Waals surface area contributed by atoms with E-state index in [2.05, 4.69) is 32.3 Å². The van der Waals surface area contributed by atoms with E-state index in [1.807, 2.05) is 49.8 Å². The SMILES string of the molecule is C[C@@H](Oc1cc(-c2cnn(C)c2)cc2ncnc(Nc3ccc4ncc(F)cc4c3)c12)C1COC1. The van der Waals surface area contributed by atoms with Gasteiger partial charge >= 0.3 is 0 Å². The lowest BCUT2D eigenvalue weighted by Crippen LogP contribution is -2.39. The highest BCUT2D eigenvalue weighted by atomic mass is 19.1. The number of hydrogen-bond acceptors (Lipinski definition) is 7. The van der Waals surface area contributed by atoms with Crippen LogP contribution in [0.1, 0.15) is 6.92 Å². The van der Waals surface area contributed by atoms with Gasteiger partial charge in [-0.3, -0.25) is 9.67 Å². The van der Waals surface area contributed by atoms with Crippen molar-refractivity contribution < 1.29 is 13.9 Å². The molecule has 0 bridgehead atoms. The Morgan fingerprint density at radius 2 is 1.94 bits per heavy atom. The minimum Gasteiger partial charge on any atom is -0.489 e. The largest absolute Gasteiger partial charge is 0.489 e. The standard InChI is InChI=1S/C26H23FN6O2/c1-15(19-12-34-13-19)35-24-8-16(18-9-31-33(2)11-18)7-23-25(24)26(30-14-29-23)32-21-3-4-22-17(6-21)5-20(27)10-28-22/h3-11,14-15,19H,12-13H2,1-2H3,(H,29,30,32)/t15-/m1/s1. The molecule has 6 rings (SSSR count). The molecule has 4 heterocycles. The Kier molecular flexibility index (Phi) is 5.26. The Labute approximate surface area is 200 Å². The van der Waals surface area contributed by atoms with Crippen LogP contribution in [0.3, 0.4) is 0 Å². The smallest absolute Gasteiger partial charge is 0.145 e. The number of benzene rings is 2. The molecular weight excluding hydrogens is 447 g/mol. The quantitative estimate of drug-likeness (QED) is 0.379. The number of nitrogens with one attached hydrogen (secondary N) is 1. The first-order chi connectivity index (χ1) is 17.0. The highest BCUT2D eigenvalue weighted by Gasteiger charge is 2.27. The summed E-state index contributed by atoms with van der Waals surface area (Å²) in [7, 11) is 1.88.